The van der Waals surface area contributed by atoms with E-state index in [0.29, 0.717) is 29.4 Å². The number of benzene rings is 1. The van der Waals surface area contributed by atoms with Crippen LogP contribution >= 0.6 is 11.6 Å². The van der Waals surface area contributed by atoms with Crippen LogP contribution in [0.1, 0.15) is 6.42 Å². The number of halogens is 1. The lowest BCUT2D eigenvalue weighted by Gasteiger charge is -2.19. The summed E-state index contributed by atoms with van der Waals surface area (Å²) >= 11 is 6.00. The number of methoxy groups -OCH3 is 1. The van der Waals surface area contributed by atoms with Gasteiger partial charge in [-0.2, -0.15) is 0 Å². The number of rotatable bonds is 3. The first-order chi connectivity index (χ1) is 8.50. The molecule has 1 atom stereocenters. The lowest BCUT2D eigenvalue weighted by atomic mass is 10.2. The summed E-state index contributed by atoms with van der Waals surface area (Å²) in [6.07, 6.45) is 0.544. The summed E-state index contributed by atoms with van der Waals surface area (Å²) in [5.41, 5.74) is 6.03. The summed E-state index contributed by atoms with van der Waals surface area (Å²) in [5, 5.41) is -0.111. The molecule has 18 heavy (non-hydrogen) atoms. The van der Waals surface area contributed by atoms with Crippen molar-refractivity contribution < 1.29 is 13.2 Å². The highest BCUT2D eigenvalue weighted by molar-refractivity contribution is 7.93. The normalized spacial score (nSPS) is 22.2. The van der Waals surface area contributed by atoms with E-state index in [2.05, 4.69) is 0 Å². The number of ether oxygens (including phenoxy) is 1. The number of sulfonamides is 1. The Morgan fingerprint density at radius 3 is 2.78 bits per heavy atom. The molecule has 0 bridgehead atoms. The number of hydrogen-bond donors (Lipinski definition) is 1. The summed E-state index contributed by atoms with van der Waals surface area (Å²) in [7, 11) is -1.85. The summed E-state index contributed by atoms with van der Waals surface area (Å²) in [6.45, 7) is 0.579. The Bertz CT molecular complexity index is 547. The van der Waals surface area contributed by atoms with Crippen molar-refractivity contribution in [2.75, 3.05) is 24.5 Å². The molecule has 0 radical (unpaired) electrons. The first-order valence-electron chi connectivity index (χ1n) is 5.56. The third-order valence-corrected chi connectivity index (χ3v) is 5.64. The van der Waals surface area contributed by atoms with Crippen LogP contribution in [-0.2, 0) is 10.0 Å². The fourth-order valence-electron chi connectivity index (χ4n) is 2.04. The van der Waals surface area contributed by atoms with E-state index in [1.807, 2.05) is 0 Å². The fraction of sp³-hybridized carbons (Fsp3) is 0.455. The highest BCUT2D eigenvalue weighted by atomic mass is 35.5. The summed E-state index contributed by atoms with van der Waals surface area (Å²) in [5.74, 6) is 0.521. The van der Waals surface area contributed by atoms with Crippen LogP contribution in [0.3, 0.4) is 0 Å². The zero-order valence-corrected chi connectivity index (χ0v) is 11.5. The Morgan fingerprint density at radius 1 is 1.56 bits per heavy atom. The maximum Gasteiger partial charge on any atom is 0.239 e. The standard InChI is InChI=1S/C11H15ClN2O3S/c1-17-11-3-2-8(6-10(11)12)14-5-4-9(7-13)18(14,15)16/h2-3,6,9H,4-5,7,13H2,1H3. The fourth-order valence-corrected chi connectivity index (χ4v) is 4.07. The van der Waals surface area contributed by atoms with Gasteiger partial charge in [0.05, 0.1) is 23.1 Å². The van der Waals surface area contributed by atoms with Gasteiger partial charge in [-0.05, 0) is 24.6 Å². The zero-order chi connectivity index (χ0) is 13.3. The predicted octanol–water partition coefficient (Wildman–Crippen LogP) is 1.22. The molecule has 7 heteroatoms. The molecule has 2 N–H and O–H groups in total. The first kappa shape index (κ1) is 13.5. The van der Waals surface area contributed by atoms with Crippen molar-refractivity contribution in [1.82, 2.24) is 0 Å². The van der Waals surface area contributed by atoms with Crippen LogP contribution < -0.4 is 14.8 Å². The van der Waals surface area contributed by atoms with E-state index in [4.69, 9.17) is 22.1 Å². The number of hydrogen-bond acceptors (Lipinski definition) is 4. The topological polar surface area (TPSA) is 72.6 Å². The van der Waals surface area contributed by atoms with Gasteiger partial charge in [-0.1, -0.05) is 11.6 Å². The molecule has 5 nitrogen and oxygen atoms in total. The summed E-state index contributed by atoms with van der Waals surface area (Å²) < 4.78 is 30.7. The van der Waals surface area contributed by atoms with Crippen molar-refractivity contribution in [3.8, 4) is 5.75 Å². The SMILES string of the molecule is COc1ccc(N2CCC(CN)S2(=O)=O)cc1Cl. The summed E-state index contributed by atoms with van der Waals surface area (Å²) in [4.78, 5) is 0. The van der Waals surface area contributed by atoms with Gasteiger partial charge in [-0.15, -0.1) is 0 Å². The molecule has 1 aromatic rings. The number of anilines is 1. The molecular formula is C11H15ClN2O3S. The minimum Gasteiger partial charge on any atom is -0.495 e. The van der Waals surface area contributed by atoms with E-state index >= 15 is 0 Å². The monoisotopic (exact) mass is 290 g/mol. The van der Waals surface area contributed by atoms with Gasteiger partial charge in [0.15, 0.2) is 0 Å². The molecule has 0 aliphatic carbocycles. The molecule has 100 valence electrons. The average Bonchev–Trinajstić information content (AvgIpc) is 2.63. The van der Waals surface area contributed by atoms with Gasteiger partial charge in [0.1, 0.15) is 5.75 Å². The molecule has 1 aromatic carbocycles. The Hall–Kier alpha value is -0.980. The van der Waals surface area contributed by atoms with Crippen LogP contribution in [0.2, 0.25) is 5.02 Å². The Morgan fingerprint density at radius 2 is 2.28 bits per heavy atom. The van der Waals surface area contributed by atoms with Gasteiger partial charge in [0.2, 0.25) is 10.0 Å². The molecular weight excluding hydrogens is 276 g/mol. The van der Waals surface area contributed by atoms with E-state index in [1.165, 1.54) is 11.4 Å². The third kappa shape index (κ3) is 2.15. The second kappa shape index (κ2) is 4.95. The predicted molar refractivity (Wildman–Crippen MR) is 71.7 cm³/mol. The molecule has 0 amide bonds. The smallest absolute Gasteiger partial charge is 0.239 e. The highest BCUT2D eigenvalue weighted by Gasteiger charge is 2.38. The molecule has 1 aliphatic heterocycles. The molecule has 1 unspecified atom stereocenters. The van der Waals surface area contributed by atoms with Gasteiger partial charge in [0, 0.05) is 13.1 Å². The minimum atomic E-state index is -3.36. The highest BCUT2D eigenvalue weighted by Crippen LogP contribution is 2.33. The van der Waals surface area contributed by atoms with Gasteiger partial charge in [-0.3, -0.25) is 4.31 Å². The van der Waals surface area contributed by atoms with Crippen molar-refractivity contribution in [2.45, 2.75) is 11.7 Å². The molecule has 2 rings (SSSR count). The van der Waals surface area contributed by atoms with E-state index in [9.17, 15) is 8.42 Å². The number of nitrogens with zero attached hydrogens (tertiary/aromatic N) is 1. The maximum absolute atomic E-state index is 12.2. The second-order valence-corrected chi connectivity index (χ2v) is 6.63. The molecule has 0 spiro atoms. The molecule has 0 aromatic heterocycles. The van der Waals surface area contributed by atoms with Crippen LogP contribution in [0.25, 0.3) is 0 Å². The van der Waals surface area contributed by atoms with Crippen molar-refractivity contribution in [1.29, 1.82) is 0 Å². The van der Waals surface area contributed by atoms with Crippen LogP contribution in [0.5, 0.6) is 5.75 Å². The van der Waals surface area contributed by atoms with Crippen molar-refractivity contribution in [2.24, 2.45) is 5.73 Å². The van der Waals surface area contributed by atoms with Gasteiger partial charge >= 0.3 is 0 Å². The largest absolute Gasteiger partial charge is 0.495 e. The van der Waals surface area contributed by atoms with Crippen LogP contribution in [0.15, 0.2) is 18.2 Å². The molecule has 0 saturated carbocycles. The first-order valence-corrected chi connectivity index (χ1v) is 7.44. The van der Waals surface area contributed by atoms with Crippen LogP contribution in [0.4, 0.5) is 5.69 Å². The lowest BCUT2D eigenvalue weighted by Crippen LogP contribution is -2.33. The van der Waals surface area contributed by atoms with E-state index in [0.717, 1.165) is 0 Å². The average molecular weight is 291 g/mol. The van der Waals surface area contributed by atoms with Gasteiger partial charge < -0.3 is 10.5 Å². The minimum absolute atomic E-state index is 0.142. The van der Waals surface area contributed by atoms with Crippen LogP contribution in [-0.4, -0.2) is 33.9 Å². The van der Waals surface area contributed by atoms with Crippen molar-refractivity contribution >= 4 is 27.3 Å². The van der Waals surface area contributed by atoms with Gasteiger partial charge in [-0.25, -0.2) is 8.42 Å². The molecule has 1 fully saturated rings. The van der Waals surface area contributed by atoms with E-state index < -0.39 is 15.3 Å². The quantitative estimate of drug-likeness (QED) is 0.908. The lowest BCUT2D eigenvalue weighted by molar-refractivity contribution is 0.415. The Labute approximate surface area is 112 Å². The number of nitrogens with two attached hydrogens (primary N) is 1. The zero-order valence-electron chi connectivity index (χ0n) is 9.97. The van der Waals surface area contributed by atoms with E-state index in [-0.39, 0.29) is 6.54 Å². The van der Waals surface area contributed by atoms with Crippen molar-refractivity contribution in [3.05, 3.63) is 23.2 Å². The molecule has 1 saturated heterocycles. The molecule has 1 heterocycles. The Kier molecular flexibility index (Phi) is 3.70. The van der Waals surface area contributed by atoms with Crippen molar-refractivity contribution in [3.63, 3.8) is 0 Å². The maximum atomic E-state index is 12.2. The molecule has 1 aliphatic rings. The third-order valence-electron chi connectivity index (χ3n) is 3.07. The Balaban J connectivity index is 2.36. The van der Waals surface area contributed by atoms with Crippen LogP contribution in [0, 0.1) is 0 Å². The summed E-state index contributed by atoms with van der Waals surface area (Å²) in [6, 6.07) is 4.93. The second-order valence-electron chi connectivity index (χ2n) is 4.08. The van der Waals surface area contributed by atoms with Gasteiger partial charge in [0.25, 0.3) is 0 Å². The van der Waals surface area contributed by atoms with E-state index in [1.54, 1.807) is 18.2 Å².